The van der Waals surface area contributed by atoms with Gasteiger partial charge in [0.05, 0.1) is 7.11 Å². The highest BCUT2D eigenvalue weighted by molar-refractivity contribution is 5.93. The zero-order valence-electron chi connectivity index (χ0n) is 12.9. The highest BCUT2D eigenvalue weighted by Crippen LogP contribution is 2.28. The molecule has 1 aromatic carbocycles. The molecule has 0 amide bonds. The number of hydrogen-bond acceptors (Lipinski definition) is 6. The zero-order valence-corrected chi connectivity index (χ0v) is 12.9. The van der Waals surface area contributed by atoms with Crippen LogP contribution in [0, 0.1) is 5.92 Å². The van der Waals surface area contributed by atoms with E-state index in [0.717, 1.165) is 43.1 Å². The maximum atomic E-state index is 6.04. The maximum absolute atomic E-state index is 6.04. The van der Waals surface area contributed by atoms with E-state index in [-0.39, 0.29) is 0 Å². The molecule has 0 radical (unpaired) electrons. The van der Waals surface area contributed by atoms with Gasteiger partial charge in [-0.15, -0.1) is 0 Å². The Morgan fingerprint density at radius 2 is 2.00 bits per heavy atom. The van der Waals surface area contributed by atoms with Crippen molar-refractivity contribution in [1.82, 2.24) is 9.97 Å². The summed E-state index contributed by atoms with van der Waals surface area (Å²) in [4.78, 5) is 8.91. The zero-order chi connectivity index (χ0) is 15.5. The number of methoxy groups -OCH3 is 1. The van der Waals surface area contributed by atoms with E-state index in [1.165, 1.54) is 0 Å². The second kappa shape index (κ2) is 6.36. The first-order valence-electron chi connectivity index (χ1n) is 7.77. The number of rotatable bonds is 4. The van der Waals surface area contributed by atoms with Crippen LogP contribution in [0.15, 0.2) is 18.2 Å². The summed E-state index contributed by atoms with van der Waals surface area (Å²) < 4.78 is 5.36. The number of nitrogen functional groups attached to an aromatic ring is 1. The number of benzene rings is 1. The summed E-state index contributed by atoms with van der Waals surface area (Å²) in [7, 11) is 1.63. The fraction of sp³-hybridized carbons (Fsp3) is 0.500. The highest BCUT2D eigenvalue weighted by atomic mass is 16.5. The standard InChI is InChI=1S/C16H23N5O/c1-22-13-4-2-3-12-14(13)20-16(21-15(12)18)19-9-10-5-7-11(17)8-6-10/h2-4,10-11H,5-9,17H2,1H3,(H3,18,19,20,21). The Morgan fingerprint density at radius 1 is 1.23 bits per heavy atom. The van der Waals surface area contributed by atoms with Gasteiger partial charge in [-0.25, -0.2) is 4.98 Å². The molecule has 6 heteroatoms. The van der Waals surface area contributed by atoms with Crippen molar-refractivity contribution in [2.45, 2.75) is 31.7 Å². The van der Waals surface area contributed by atoms with Crippen LogP contribution in [0.25, 0.3) is 10.9 Å². The molecule has 2 aromatic rings. The Labute approximate surface area is 130 Å². The van der Waals surface area contributed by atoms with Crippen molar-refractivity contribution in [2.75, 3.05) is 24.7 Å². The number of nitrogens with one attached hydrogen (secondary N) is 1. The Morgan fingerprint density at radius 3 is 2.73 bits per heavy atom. The Hall–Kier alpha value is -2.08. The van der Waals surface area contributed by atoms with Crippen LogP contribution >= 0.6 is 0 Å². The van der Waals surface area contributed by atoms with Gasteiger partial charge in [-0.2, -0.15) is 4.98 Å². The van der Waals surface area contributed by atoms with Gasteiger partial charge in [-0.05, 0) is 43.7 Å². The summed E-state index contributed by atoms with van der Waals surface area (Å²) in [5.41, 5.74) is 12.7. The van der Waals surface area contributed by atoms with Crippen molar-refractivity contribution in [3.63, 3.8) is 0 Å². The van der Waals surface area contributed by atoms with E-state index in [0.29, 0.717) is 29.5 Å². The minimum absolute atomic E-state index is 0.369. The van der Waals surface area contributed by atoms with Crippen LogP contribution in [0.3, 0.4) is 0 Å². The molecule has 5 N–H and O–H groups in total. The minimum Gasteiger partial charge on any atom is -0.494 e. The van der Waals surface area contributed by atoms with E-state index in [2.05, 4.69) is 15.3 Å². The van der Waals surface area contributed by atoms with Gasteiger partial charge in [0.25, 0.3) is 0 Å². The molecule has 1 aliphatic rings. The normalized spacial score (nSPS) is 21.7. The summed E-state index contributed by atoms with van der Waals surface area (Å²) in [5, 5.41) is 4.13. The summed E-state index contributed by atoms with van der Waals surface area (Å²) >= 11 is 0. The van der Waals surface area contributed by atoms with Gasteiger partial charge in [0, 0.05) is 18.0 Å². The second-order valence-electron chi connectivity index (χ2n) is 5.95. The fourth-order valence-electron chi connectivity index (χ4n) is 3.02. The van der Waals surface area contributed by atoms with E-state index in [1.54, 1.807) is 7.11 Å². The lowest BCUT2D eigenvalue weighted by Crippen LogP contribution is -2.29. The smallest absolute Gasteiger partial charge is 0.225 e. The van der Waals surface area contributed by atoms with Gasteiger partial charge in [0.15, 0.2) is 0 Å². The molecule has 22 heavy (non-hydrogen) atoms. The first-order valence-corrected chi connectivity index (χ1v) is 7.77. The number of hydrogen-bond donors (Lipinski definition) is 3. The molecule has 0 aliphatic heterocycles. The quantitative estimate of drug-likeness (QED) is 0.800. The summed E-state index contributed by atoms with van der Waals surface area (Å²) in [6.07, 6.45) is 4.50. The average molecular weight is 301 g/mol. The number of anilines is 2. The average Bonchev–Trinajstić information content (AvgIpc) is 2.54. The van der Waals surface area contributed by atoms with Gasteiger partial charge in [0.1, 0.15) is 17.1 Å². The molecule has 0 saturated heterocycles. The molecule has 1 heterocycles. The predicted molar refractivity (Wildman–Crippen MR) is 88.9 cm³/mol. The molecule has 6 nitrogen and oxygen atoms in total. The van der Waals surface area contributed by atoms with E-state index in [1.807, 2.05) is 18.2 Å². The molecule has 1 aromatic heterocycles. The SMILES string of the molecule is COc1cccc2c(N)nc(NCC3CCC(N)CC3)nc12. The van der Waals surface area contributed by atoms with E-state index in [9.17, 15) is 0 Å². The number of nitrogens with two attached hydrogens (primary N) is 2. The second-order valence-corrected chi connectivity index (χ2v) is 5.95. The number of nitrogens with zero attached hydrogens (tertiary/aromatic N) is 2. The Kier molecular flexibility index (Phi) is 4.29. The monoisotopic (exact) mass is 301 g/mol. The fourth-order valence-corrected chi connectivity index (χ4v) is 3.02. The van der Waals surface area contributed by atoms with Crippen molar-refractivity contribution in [1.29, 1.82) is 0 Å². The third-order valence-corrected chi connectivity index (χ3v) is 4.38. The lowest BCUT2D eigenvalue weighted by molar-refractivity contribution is 0.338. The van der Waals surface area contributed by atoms with E-state index < -0.39 is 0 Å². The van der Waals surface area contributed by atoms with Gasteiger partial charge < -0.3 is 21.5 Å². The van der Waals surface area contributed by atoms with Gasteiger partial charge in [-0.3, -0.25) is 0 Å². The van der Waals surface area contributed by atoms with E-state index in [4.69, 9.17) is 16.2 Å². The molecule has 1 saturated carbocycles. The molecule has 1 fully saturated rings. The van der Waals surface area contributed by atoms with Crippen LogP contribution in [0.4, 0.5) is 11.8 Å². The van der Waals surface area contributed by atoms with Crippen molar-refractivity contribution >= 4 is 22.7 Å². The topological polar surface area (TPSA) is 99.1 Å². The van der Waals surface area contributed by atoms with E-state index >= 15 is 0 Å². The van der Waals surface area contributed by atoms with Crippen LogP contribution in [-0.4, -0.2) is 29.7 Å². The highest BCUT2D eigenvalue weighted by Gasteiger charge is 2.18. The van der Waals surface area contributed by atoms with Gasteiger partial charge >= 0.3 is 0 Å². The molecule has 0 spiro atoms. The largest absolute Gasteiger partial charge is 0.494 e. The third kappa shape index (κ3) is 3.06. The predicted octanol–water partition coefficient (Wildman–Crippen LogP) is 2.15. The van der Waals surface area contributed by atoms with Crippen LogP contribution in [-0.2, 0) is 0 Å². The van der Waals surface area contributed by atoms with Crippen molar-refractivity contribution in [3.05, 3.63) is 18.2 Å². The number of aromatic nitrogens is 2. The number of para-hydroxylation sites is 1. The van der Waals surface area contributed by atoms with Crippen LogP contribution in [0.1, 0.15) is 25.7 Å². The Bertz CT molecular complexity index is 652. The number of fused-ring (bicyclic) bond motifs is 1. The van der Waals surface area contributed by atoms with Crippen LogP contribution < -0.4 is 21.5 Å². The Balaban J connectivity index is 1.76. The molecule has 0 unspecified atom stereocenters. The first kappa shape index (κ1) is 14.8. The third-order valence-electron chi connectivity index (χ3n) is 4.38. The van der Waals surface area contributed by atoms with Crippen LogP contribution in [0.5, 0.6) is 5.75 Å². The van der Waals surface area contributed by atoms with Crippen molar-refractivity contribution in [3.8, 4) is 5.75 Å². The van der Waals surface area contributed by atoms with Gasteiger partial charge in [0.2, 0.25) is 5.95 Å². The number of ether oxygens (including phenoxy) is 1. The molecule has 3 rings (SSSR count). The van der Waals surface area contributed by atoms with Crippen LogP contribution in [0.2, 0.25) is 0 Å². The molecular formula is C16H23N5O. The first-order chi connectivity index (χ1) is 10.7. The summed E-state index contributed by atoms with van der Waals surface area (Å²) in [6, 6.07) is 6.04. The minimum atomic E-state index is 0.369. The lowest BCUT2D eigenvalue weighted by atomic mass is 9.86. The van der Waals surface area contributed by atoms with Crippen molar-refractivity contribution < 1.29 is 4.74 Å². The maximum Gasteiger partial charge on any atom is 0.225 e. The van der Waals surface area contributed by atoms with Crippen molar-refractivity contribution in [2.24, 2.45) is 11.7 Å². The van der Waals surface area contributed by atoms with Gasteiger partial charge in [-0.1, -0.05) is 6.07 Å². The molecular weight excluding hydrogens is 278 g/mol. The molecule has 0 atom stereocenters. The molecule has 0 bridgehead atoms. The summed E-state index contributed by atoms with van der Waals surface area (Å²) in [5.74, 6) is 2.36. The molecule has 1 aliphatic carbocycles. The molecule has 118 valence electrons. The summed E-state index contributed by atoms with van der Waals surface area (Å²) in [6.45, 7) is 0.854. The lowest BCUT2D eigenvalue weighted by Gasteiger charge is -2.26.